The van der Waals surface area contributed by atoms with Gasteiger partial charge in [0.05, 0.1) is 12.0 Å². The number of amides is 1. The lowest BCUT2D eigenvalue weighted by Gasteiger charge is -2.40. The summed E-state index contributed by atoms with van der Waals surface area (Å²) < 4.78 is 35.0. The first-order chi connectivity index (χ1) is 15.7. The van der Waals surface area contributed by atoms with Crippen molar-refractivity contribution in [2.45, 2.75) is 37.2 Å². The molecule has 0 bridgehead atoms. The molecule has 0 saturated carbocycles. The minimum Gasteiger partial charge on any atom is -0.465 e. The van der Waals surface area contributed by atoms with E-state index < -0.39 is 11.0 Å². The number of ether oxygens (including phenoxy) is 2. The van der Waals surface area contributed by atoms with Crippen molar-refractivity contribution >= 4 is 29.2 Å². The SMILES string of the molecule is CCOC(=O)C1(c2ccccc2)CCN(CCC(=O)Nc2ccc(OC(F)(F)Cl)cc2)CC1. The van der Waals surface area contributed by atoms with E-state index in [0.29, 0.717) is 44.8 Å². The molecule has 2 aromatic rings. The van der Waals surface area contributed by atoms with Crippen LogP contribution in [-0.4, -0.2) is 48.6 Å². The van der Waals surface area contributed by atoms with Gasteiger partial charge in [0.15, 0.2) is 0 Å². The van der Waals surface area contributed by atoms with Crippen LogP contribution in [0.5, 0.6) is 5.75 Å². The molecule has 1 saturated heterocycles. The summed E-state index contributed by atoms with van der Waals surface area (Å²) in [4.78, 5) is 27.3. The highest BCUT2D eigenvalue weighted by Gasteiger charge is 2.44. The fourth-order valence-corrected chi connectivity index (χ4v) is 4.11. The molecule has 1 amide bonds. The third-order valence-corrected chi connectivity index (χ3v) is 5.81. The molecule has 0 atom stereocenters. The fraction of sp³-hybridized carbons (Fsp3) is 0.417. The first kappa shape index (κ1) is 24.9. The maximum atomic E-state index is 12.8. The van der Waals surface area contributed by atoms with Gasteiger partial charge in [0.25, 0.3) is 0 Å². The van der Waals surface area contributed by atoms with Crippen LogP contribution in [0.25, 0.3) is 0 Å². The smallest absolute Gasteiger partial charge is 0.465 e. The quantitative estimate of drug-likeness (QED) is 0.413. The number of carbonyl (C=O) groups is 2. The Labute approximate surface area is 196 Å². The molecular formula is C24H27ClF2N2O4. The number of hydrogen-bond donors (Lipinski definition) is 1. The Bertz CT molecular complexity index is 928. The van der Waals surface area contributed by atoms with Crippen molar-refractivity contribution in [3.05, 3.63) is 60.2 Å². The monoisotopic (exact) mass is 480 g/mol. The zero-order valence-electron chi connectivity index (χ0n) is 18.4. The summed E-state index contributed by atoms with van der Waals surface area (Å²) in [5.41, 5.74) is -3.03. The molecule has 9 heteroatoms. The number of likely N-dealkylation sites (tertiary alicyclic amines) is 1. The van der Waals surface area contributed by atoms with Crippen LogP contribution in [0, 0.1) is 0 Å². The third-order valence-electron chi connectivity index (χ3n) is 5.73. The molecule has 0 unspecified atom stereocenters. The molecule has 1 fully saturated rings. The van der Waals surface area contributed by atoms with Crippen molar-refractivity contribution in [2.24, 2.45) is 0 Å². The van der Waals surface area contributed by atoms with Gasteiger partial charge in [-0.05, 0) is 62.7 Å². The van der Waals surface area contributed by atoms with E-state index in [2.05, 4.69) is 15.0 Å². The lowest BCUT2D eigenvalue weighted by Crippen LogP contribution is -2.48. The summed E-state index contributed by atoms with van der Waals surface area (Å²) >= 11 is 4.74. The molecule has 2 aromatic carbocycles. The standard InChI is InChI=1S/C24H27ClF2N2O4/c1-2-32-22(31)23(18-6-4-3-5-7-18)13-16-29(17-14-23)15-12-21(30)28-19-8-10-20(11-9-19)33-24(25,26)27/h3-11H,2,12-17H2,1H3,(H,28,30). The summed E-state index contributed by atoms with van der Waals surface area (Å²) in [6.45, 7) is 4.01. The number of piperidine rings is 1. The third kappa shape index (κ3) is 6.88. The van der Waals surface area contributed by atoms with Gasteiger partial charge in [0, 0.05) is 30.3 Å². The Balaban J connectivity index is 1.51. The van der Waals surface area contributed by atoms with Crippen LogP contribution in [0.1, 0.15) is 31.7 Å². The molecule has 1 aliphatic rings. The highest BCUT2D eigenvalue weighted by molar-refractivity contribution is 6.20. The highest BCUT2D eigenvalue weighted by Crippen LogP contribution is 2.37. The average Bonchev–Trinajstić information content (AvgIpc) is 2.79. The van der Waals surface area contributed by atoms with Crippen LogP contribution in [0.4, 0.5) is 14.5 Å². The van der Waals surface area contributed by atoms with E-state index in [1.807, 2.05) is 30.3 Å². The first-order valence-corrected chi connectivity index (χ1v) is 11.2. The van der Waals surface area contributed by atoms with Crippen molar-refractivity contribution in [1.82, 2.24) is 4.90 Å². The molecule has 1 heterocycles. The van der Waals surface area contributed by atoms with Gasteiger partial charge in [-0.25, -0.2) is 0 Å². The van der Waals surface area contributed by atoms with Gasteiger partial charge < -0.3 is 19.7 Å². The normalized spacial score (nSPS) is 16.1. The van der Waals surface area contributed by atoms with Crippen molar-refractivity contribution in [3.63, 3.8) is 0 Å². The van der Waals surface area contributed by atoms with Gasteiger partial charge in [-0.2, -0.15) is 0 Å². The summed E-state index contributed by atoms with van der Waals surface area (Å²) in [5, 5.41) is 2.73. The van der Waals surface area contributed by atoms with Crippen molar-refractivity contribution in [2.75, 3.05) is 31.6 Å². The number of rotatable bonds is 9. The van der Waals surface area contributed by atoms with E-state index >= 15 is 0 Å². The molecule has 0 radical (unpaired) electrons. The number of nitrogens with zero attached hydrogens (tertiary/aromatic N) is 1. The number of anilines is 1. The van der Waals surface area contributed by atoms with E-state index in [1.165, 1.54) is 24.3 Å². The second kappa shape index (κ2) is 10.9. The van der Waals surface area contributed by atoms with Crippen LogP contribution in [-0.2, 0) is 19.7 Å². The molecule has 3 rings (SSSR count). The van der Waals surface area contributed by atoms with E-state index in [0.717, 1.165) is 5.56 Å². The zero-order valence-corrected chi connectivity index (χ0v) is 19.1. The first-order valence-electron chi connectivity index (χ1n) is 10.8. The Morgan fingerprint density at radius 2 is 1.73 bits per heavy atom. The lowest BCUT2D eigenvalue weighted by atomic mass is 9.72. The molecular weight excluding hydrogens is 454 g/mol. The maximum Gasteiger partial charge on any atom is 0.487 e. The fourth-order valence-electron chi connectivity index (χ4n) is 4.02. The van der Waals surface area contributed by atoms with Gasteiger partial charge in [0.2, 0.25) is 5.91 Å². The van der Waals surface area contributed by atoms with Crippen molar-refractivity contribution in [1.29, 1.82) is 0 Å². The Hall–Kier alpha value is -2.71. The topological polar surface area (TPSA) is 67.9 Å². The minimum atomic E-state index is -3.79. The Kier molecular flexibility index (Phi) is 8.26. The van der Waals surface area contributed by atoms with Crippen molar-refractivity contribution < 1.29 is 27.8 Å². The van der Waals surface area contributed by atoms with Crippen LogP contribution in [0.3, 0.4) is 0 Å². The van der Waals surface area contributed by atoms with E-state index in [1.54, 1.807) is 6.92 Å². The molecule has 33 heavy (non-hydrogen) atoms. The number of halogens is 3. The van der Waals surface area contributed by atoms with Crippen LogP contribution in [0.2, 0.25) is 0 Å². The summed E-state index contributed by atoms with van der Waals surface area (Å²) in [7, 11) is 0. The Morgan fingerprint density at radius 1 is 1.09 bits per heavy atom. The zero-order chi connectivity index (χ0) is 23.9. The van der Waals surface area contributed by atoms with Crippen LogP contribution in [0.15, 0.2) is 54.6 Å². The van der Waals surface area contributed by atoms with Gasteiger partial charge in [-0.15, -0.1) is 8.78 Å². The number of esters is 1. The number of alkyl halides is 3. The minimum absolute atomic E-state index is 0.107. The van der Waals surface area contributed by atoms with Gasteiger partial charge in [0.1, 0.15) is 5.75 Å². The molecule has 0 aliphatic carbocycles. The number of hydrogen-bond acceptors (Lipinski definition) is 5. The lowest BCUT2D eigenvalue weighted by molar-refractivity contribution is -0.152. The average molecular weight is 481 g/mol. The molecule has 1 N–H and O–H groups in total. The Morgan fingerprint density at radius 3 is 2.30 bits per heavy atom. The molecule has 6 nitrogen and oxygen atoms in total. The van der Waals surface area contributed by atoms with Gasteiger partial charge in [-0.3, -0.25) is 9.59 Å². The van der Waals surface area contributed by atoms with E-state index in [4.69, 9.17) is 16.3 Å². The number of nitrogens with one attached hydrogen (secondary N) is 1. The molecule has 1 aliphatic heterocycles. The number of carbonyl (C=O) groups excluding carboxylic acids is 2. The van der Waals surface area contributed by atoms with E-state index in [9.17, 15) is 18.4 Å². The molecule has 178 valence electrons. The maximum absolute atomic E-state index is 12.8. The van der Waals surface area contributed by atoms with Crippen molar-refractivity contribution in [3.8, 4) is 5.75 Å². The highest BCUT2D eigenvalue weighted by atomic mass is 35.5. The van der Waals surface area contributed by atoms with Crippen LogP contribution < -0.4 is 10.1 Å². The molecule has 0 aromatic heterocycles. The predicted octanol–water partition coefficient (Wildman–Crippen LogP) is 4.78. The van der Waals surface area contributed by atoms with Gasteiger partial charge >= 0.3 is 11.5 Å². The van der Waals surface area contributed by atoms with E-state index in [-0.39, 0.29) is 24.0 Å². The van der Waals surface area contributed by atoms with Crippen LogP contribution >= 0.6 is 11.6 Å². The predicted molar refractivity (Wildman–Crippen MR) is 122 cm³/mol. The van der Waals surface area contributed by atoms with Gasteiger partial charge in [-0.1, -0.05) is 30.3 Å². The largest absolute Gasteiger partial charge is 0.487 e. The summed E-state index contributed by atoms with van der Waals surface area (Å²) in [5.74, 6) is -0.505. The number of benzene rings is 2. The second-order valence-electron chi connectivity index (χ2n) is 7.88. The summed E-state index contributed by atoms with van der Waals surface area (Å²) in [6, 6.07) is 15.2. The second-order valence-corrected chi connectivity index (χ2v) is 8.32. The summed E-state index contributed by atoms with van der Waals surface area (Å²) in [6.07, 6.45) is 1.49. The molecule has 0 spiro atoms.